The minimum atomic E-state index is 0.497. The summed E-state index contributed by atoms with van der Waals surface area (Å²) in [5, 5.41) is 0.612. The predicted octanol–water partition coefficient (Wildman–Crippen LogP) is 3.10. The Morgan fingerprint density at radius 3 is 2.67 bits per heavy atom. The number of benzene rings is 1. The highest BCUT2D eigenvalue weighted by Crippen LogP contribution is 2.33. The van der Waals surface area contributed by atoms with Gasteiger partial charge < -0.3 is 9.53 Å². The van der Waals surface area contributed by atoms with Gasteiger partial charge in [-0.15, -0.1) is 0 Å². The fourth-order valence-electron chi connectivity index (χ4n) is 1.64. The number of ether oxygens (including phenoxy) is 1. The van der Waals surface area contributed by atoms with Gasteiger partial charge in [0.15, 0.2) is 0 Å². The molecule has 0 heterocycles. The van der Waals surface area contributed by atoms with Crippen molar-refractivity contribution >= 4 is 17.9 Å². The molecule has 0 unspecified atom stereocenters. The largest absolute Gasteiger partial charge is 0.495 e. The molecule has 3 heteroatoms. The first kappa shape index (κ1) is 12.1. The lowest BCUT2D eigenvalue weighted by atomic mass is 9.98. The molecule has 0 radical (unpaired) electrons. The minimum absolute atomic E-state index is 0.497. The number of aryl methyl sites for hydroxylation is 1. The fraction of sp³-hybridized carbons (Fsp3) is 0.417. The maximum atomic E-state index is 10.4. The lowest BCUT2D eigenvalue weighted by molar-refractivity contribution is -0.107. The summed E-state index contributed by atoms with van der Waals surface area (Å²) in [6.45, 7) is 4.03. The third kappa shape index (κ3) is 2.51. The van der Waals surface area contributed by atoms with Gasteiger partial charge in [-0.05, 0) is 43.0 Å². The van der Waals surface area contributed by atoms with E-state index in [2.05, 4.69) is 0 Å². The van der Waals surface area contributed by atoms with E-state index >= 15 is 0 Å². The summed E-state index contributed by atoms with van der Waals surface area (Å²) in [6, 6.07) is 1.89. The van der Waals surface area contributed by atoms with Crippen LogP contribution in [0, 0.1) is 13.8 Å². The Morgan fingerprint density at radius 2 is 2.13 bits per heavy atom. The monoisotopic (exact) mass is 226 g/mol. The Balaban J connectivity index is 3.23. The minimum Gasteiger partial charge on any atom is -0.495 e. The first-order valence-electron chi connectivity index (χ1n) is 4.88. The zero-order valence-electron chi connectivity index (χ0n) is 9.26. The highest BCUT2D eigenvalue weighted by molar-refractivity contribution is 6.32. The van der Waals surface area contributed by atoms with Crippen LogP contribution in [0.3, 0.4) is 0 Å². The van der Waals surface area contributed by atoms with Gasteiger partial charge in [0, 0.05) is 6.42 Å². The molecule has 0 saturated carbocycles. The number of halogens is 1. The molecule has 0 aromatic heterocycles. The number of hydrogen-bond acceptors (Lipinski definition) is 2. The van der Waals surface area contributed by atoms with Gasteiger partial charge in [-0.3, -0.25) is 0 Å². The molecule has 0 aliphatic rings. The van der Waals surface area contributed by atoms with Gasteiger partial charge in [0.2, 0.25) is 0 Å². The molecule has 0 spiro atoms. The maximum absolute atomic E-state index is 10.4. The molecule has 0 N–H and O–H groups in total. The van der Waals surface area contributed by atoms with Crippen LogP contribution in [0.25, 0.3) is 0 Å². The molecular weight excluding hydrogens is 212 g/mol. The number of methoxy groups -OCH3 is 1. The summed E-state index contributed by atoms with van der Waals surface area (Å²) in [5.74, 6) is 0.696. The summed E-state index contributed by atoms with van der Waals surface area (Å²) in [4.78, 5) is 10.4. The number of carbonyl (C=O) groups excluding carboxylic acids is 1. The van der Waals surface area contributed by atoms with Crippen LogP contribution in [-0.2, 0) is 11.2 Å². The smallest absolute Gasteiger partial charge is 0.140 e. The number of carbonyl (C=O) groups is 1. The molecule has 0 atom stereocenters. The zero-order valence-corrected chi connectivity index (χ0v) is 10.0. The summed E-state index contributed by atoms with van der Waals surface area (Å²) in [5.41, 5.74) is 3.31. The van der Waals surface area contributed by atoms with E-state index in [1.165, 1.54) is 0 Å². The van der Waals surface area contributed by atoms with Crippen molar-refractivity contribution in [2.75, 3.05) is 7.11 Å². The summed E-state index contributed by atoms with van der Waals surface area (Å²) in [7, 11) is 1.60. The molecule has 0 fully saturated rings. The molecule has 1 aromatic carbocycles. The maximum Gasteiger partial charge on any atom is 0.140 e. The van der Waals surface area contributed by atoms with E-state index in [9.17, 15) is 4.79 Å². The van der Waals surface area contributed by atoms with E-state index in [0.717, 1.165) is 23.0 Å². The van der Waals surface area contributed by atoms with Gasteiger partial charge in [0.05, 0.1) is 12.1 Å². The molecule has 0 bridgehead atoms. The van der Waals surface area contributed by atoms with Crippen molar-refractivity contribution in [2.45, 2.75) is 26.7 Å². The van der Waals surface area contributed by atoms with Crippen LogP contribution >= 0.6 is 11.6 Å². The van der Waals surface area contributed by atoms with E-state index in [0.29, 0.717) is 23.6 Å². The molecule has 0 amide bonds. The Kier molecular flexibility index (Phi) is 4.15. The van der Waals surface area contributed by atoms with Gasteiger partial charge in [0.25, 0.3) is 0 Å². The fourth-order valence-corrected chi connectivity index (χ4v) is 2.00. The standard InChI is InChI=1S/C12H15ClO2/c1-8-7-11(13)12(15-3)10(9(8)2)5-4-6-14/h6-7H,4-5H2,1-3H3. The summed E-state index contributed by atoms with van der Waals surface area (Å²) >= 11 is 6.07. The lowest BCUT2D eigenvalue weighted by Gasteiger charge is -2.14. The van der Waals surface area contributed by atoms with Crippen molar-refractivity contribution in [1.82, 2.24) is 0 Å². The van der Waals surface area contributed by atoms with Crippen LogP contribution in [-0.4, -0.2) is 13.4 Å². The Bertz CT molecular complexity index is 372. The quantitative estimate of drug-likeness (QED) is 0.738. The van der Waals surface area contributed by atoms with E-state index < -0.39 is 0 Å². The number of rotatable bonds is 4. The van der Waals surface area contributed by atoms with E-state index in [1.54, 1.807) is 7.11 Å². The lowest BCUT2D eigenvalue weighted by Crippen LogP contribution is -1.99. The first-order valence-corrected chi connectivity index (χ1v) is 5.25. The highest BCUT2D eigenvalue weighted by atomic mass is 35.5. The SMILES string of the molecule is COc1c(Cl)cc(C)c(C)c1CCC=O. The summed E-state index contributed by atoms with van der Waals surface area (Å²) < 4.78 is 5.26. The van der Waals surface area contributed by atoms with Crippen LogP contribution in [0.2, 0.25) is 5.02 Å². The topological polar surface area (TPSA) is 26.3 Å². The summed E-state index contributed by atoms with van der Waals surface area (Å²) in [6.07, 6.45) is 2.09. The van der Waals surface area contributed by atoms with Gasteiger partial charge >= 0.3 is 0 Å². The van der Waals surface area contributed by atoms with Crippen LogP contribution < -0.4 is 4.74 Å². The second-order valence-corrected chi connectivity index (χ2v) is 3.92. The molecule has 0 aliphatic heterocycles. The van der Waals surface area contributed by atoms with Crippen molar-refractivity contribution < 1.29 is 9.53 Å². The number of aldehydes is 1. The second-order valence-electron chi connectivity index (χ2n) is 3.52. The van der Waals surface area contributed by atoms with Crippen molar-refractivity contribution in [3.05, 3.63) is 27.8 Å². The Morgan fingerprint density at radius 1 is 1.47 bits per heavy atom. The zero-order chi connectivity index (χ0) is 11.4. The van der Waals surface area contributed by atoms with Crippen LogP contribution in [0.4, 0.5) is 0 Å². The van der Waals surface area contributed by atoms with Crippen molar-refractivity contribution in [3.63, 3.8) is 0 Å². The van der Waals surface area contributed by atoms with Crippen molar-refractivity contribution in [2.24, 2.45) is 0 Å². The van der Waals surface area contributed by atoms with Crippen molar-refractivity contribution in [1.29, 1.82) is 0 Å². The van der Waals surface area contributed by atoms with Gasteiger partial charge in [-0.25, -0.2) is 0 Å². The van der Waals surface area contributed by atoms with Gasteiger partial charge in [-0.2, -0.15) is 0 Å². The van der Waals surface area contributed by atoms with E-state index in [1.807, 2.05) is 19.9 Å². The predicted molar refractivity (Wildman–Crippen MR) is 61.9 cm³/mol. The molecule has 15 heavy (non-hydrogen) atoms. The van der Waals surface area contributed by atoms with Crippen LogP contribution in [0.1, 0.15) is 23.1 Å². The third-order valence-corrected chi connectivity index (χ3v) is 2.88. The molecule has 2 nitrogen and oxygen atoms in total. The van der Waals surface area contributed by atoms with Gasteiger partial charge in [-0.1, -0.05) is 11.6 Å². The average Bonchev–Trinajstić information content (AvgIpc) is 2.21. The number of hydrogen-bond donors (Lipinski definition) is 0. The van der Waals surface area contributed by atoms with Crippen LogP contribution in [0.5, 0.6) is 5.75 Å². The second kappa shape index (κ2) is 5.17. The normalized spacial score (nSPS) is 10.1. The highest BCUT2D eigenvalue weighted by Gasteiger charge is 2.12. The molecule has 0 saturated heterocycles. The molecule has 0 aliphatic carbocycles. The Labute approximate surface area is 95.2 Å². The molecule has 1 aromatic rings. The van der Waals surface area contributed by atoms with Crippen LogP contribution in [0.15, 0.2) is 6.07 Å². The van der Waals surface area contributed by atoms with E-state index in [4.69, 9.17) is 16.3 Å². The third-order valence-electron chi connectivity index (χ3n) is 2.59. The molecule has 82 valence electrons. The van der Waals surface area contributed by atoms with Gasteiger partial charge in [0.1, 0.15) is 12.0 Å². The van der Waals surface area contributed by atoms with Crippen molar-refractivity contribution in [3.8, 4) is 5.75 Å². The first-order chi connectivity index (χ1) is 7.11. The Hall–Kier alpha value is -1.02. The average molecular weight is 227 g/mol. The molecular formula is C12H15ClO2. The van der Waals surface area contributed by atoms with E-state index in [-0.39, 0.29) is 0 Å². The molecule has 1 rings (SSSR count).